The van der Waals surface area contributed by atoms with Gasteiger partial charge < -0.3 is 10.5 Å². The molecule has 0 radical (unpaired) electrons. The molecule has 0 fully saturated rings. The van der Waals surface area contributed by atoms with Crippen molar-refractivity contribution in [3.63, 3.8) is 0 Å². The third-order valence-electron chi connectivity index (χ3n) is 2.77. The van der Waals surface area contributed by atoms with Gasteiger partial charge in [0.15, 0.2) is 0 Å². The normalized spacial score (nSPS) is 14.7. The predicted molar refractivity (Wildman–Crippen MR) is 85.9 cm³/mol. The van der Waals surface area contributed by atoms with Crippen molar-refractivity contribution in [2.75, 3.05) is 5.75 Å². The van der Waals surface area contributed by atoms with E-state index in [2.05, 4.69) is 19.1 Å². The Hall–Kier alpha value is -1.00. The van der Waals surface area contributed by atoms with E-state index in [0.717, 1.165) is 0 Å². The minimum Gasteiger partial charge on any atom is -0.459 e. The van der Waals surface area contributed by atoms with E-state index in [1.807, 2.05) is 39.8 Å². The summed E-state index contributed by atoms with van der Waals surface area (Å²) >= 11 is 1.55. The highest BCUT2D eigenvalue weighted by Crippen LogP contribution is 2.33. The van der Waals surface area contributed by atoms with Gasteiger partial charge in [0, 0.05) is 11.3 Å². The molecule has 1 aromatic carbocycles. The number of aryl methyl sites for hydroxylation is 1. The van der Waals surface area contributed by atoms with Crippen LogP contribution in [0.2, 0.25) is 0 Å². The lowest BCUT2D eigenvalue weighted by molar-refractivity contribution is -0.151. The maximum atomic E-state index is 11.8. The summed E-state index contributed by atoms with van der Waals surface area (Å²) in [6.45, 7) is 9.66. The maximum Gasteiger partial charge on any atom is 0.316 e. The summed E-state index contributed by atoms with van der Waals surface area (Å²) in [7, 11) is 0. The van der Waals surface area contributed by atoms with Crippen LogP contribution in [0.25, 0.3) is 0 Å². The quantitative estimate of drug-likeness (QED) is 0.845. The molecule has 0 bridgehead atoms. The number of hydrogen-bond acceptors (Lipinski definition) is 4. The minimum atomic E-state index is -0.440. The van der Waals surface area contributed by atoms with E-state index in [-0.39, 0.29) is 17.3 Å². The number of hydrogen-bond donors (Lipinski definition) is 1. The van der Waals surface area contributed by atoms with Gasteiger partial charge in [-0.05, 0) is 45.7 Å². The van der Waals surface area contributed by atoms with Crippen LogP contribution in [0, 0.1) is 6.92 Å². The SMILES string of the molecule is Cc1ccccc1C(SCC(=O)OC(C)(C)C)C(C)N. The van der Waals surface area contributed by atoms with Crippen LogP contribution in [0.15, 0.2) is 24.3 Å². The molecule has 0 aliphatic heterocycles. The second kappa shape index (κ2) is 7.14. The van der Waals surface area contributed by atoms with Crippen molar-refractivity contribution < 1.29 is 9.53 Å². The molecule has 20 heavy (non-hydrogen) atoms. The monoisotopic (exact) mass is 295 g/mol. The molecular weight excluding hydrogens is 270 g/mol. The Bertz CT molecular complexity index is 452. The number of carbonyl (C=O) groups excluding carboxylic acids is 1. The Labute approximate surface area is 126 Å². The number of carbonyl (C=O) groups is 1. The molecule has 0 spiro atoms. The first-order chi connectivity index (χ1) is 9.20. The molecule has 3 nitrogen and oxygen atoms in total. The summed E-state index contributed by atoms with van der Waals surface area (Å²) < 4.78 is 5.33. The third-order valence-corrected chi connectivity index (χ3v) is 4.22. The molecule has 2 N–H and O–H groups in total. The maximum absolute atomic E-state index is 11.8. The van der Waals surface area contributed by atoms with Crippen molar-refractivity contribution in [3.8, 4) is 0 Å². The fraction of sp³-hybridized carbons (Fsp3) is 0.562. The summed E-state index contributed by atoms with van der Waals surface area (Å²) in [4.78, 5) is 11.8. The number of benzene rings is 1. The van der Waals surface area contributed by atoms with Crippen molar-refractivity contribution >= 4 is 17.7 Å². The summed E-state index contributed by atoms with van der Waals surface area (Å²) in [5.74, 6) is 0.124. The molecule has 2 unspecified atom stereocenters. The van der Waals surface area contributed by atoms with Crippen molar-refractivity contribution in [1.29, 1.82) is 0 Å². The molecule has 1 aromatic rings. The summed E-state index contributed by atoms with van der Waals surface area (Å²) in [5.41, 5.74) is 8.03. The van der Waals surface area contributed by atoms with Crippen molar-refractivity contribution in [2.45, 2.75) is 51.5 Å². The fourth-order valence-electron chi connectivity index (χ4n) is 1.96. The summed E-state index contributed by atoms with van der Waals surface area (Å²) in [6.07, 6.45) is 0. The lowest BCUT2D eigenvalue weighted by atomic mass is 10.0. The van der Waals surface area contributed by atoms with Crippen molar-refractivity contribution in [2.24, 2.45) is 5.73 Å². The van der Waals surface area contributed by atoms with Gasteiger partial charge in [-0.15, -0.1) is 11.8 Å². The molecule has 0 aliphatic carbocycles. The molecule has 4 heteroatoms. The van der Waals surface area contributed by atoms with Gasteiger partial charge in [0.25, 0.3) is 0 Å². The zero-order valence-electron chi connectivity index (χ0n) is 13.0. The summed E-state index contributed by atoms with van der Waals surface area (Å²) in [6, 6.07) is 8.13. The Balaban J connectivity index is 2.71. The van der Waals surface area contributed by atoms with Gasteiger partial charge in [0.2, 0.25) is 0 Å². The van der Waals surface area contributed by atoms with Gasteiger partial charge in [-0.1, -0.05) is 24.3 Å². The Morgan fingerprint density at radius 2 is 1.95 bits per heavy atom. The van der Waals surface area contributed by atoms with Crippen molar-refractivity contribution in [1.82, 2.24) is 0 Å². The van der Waals surface area contributed by atoms with Crippen LogP contribution < -0.4 is 5.73 Å². The van der Waals surface area contributed by atoms with E-state index in [1.165, 1.54) is 11.1 Å². The lowest BCUT2D eigenvalue weighted by Gasteiger charge is -2.24. The molecule has 0 saturated heterocycles. The van der Waals surface area contributed by atoms with Gasteiger partial charge in [0.1, 0.15) is 5.60 Å². The fourth-order valence-corrected chi connectivity index (χ4v) is 3.08. The first-order valence-electron chi connectivity index (χ1n) is 6.85. The van der Waals surface area contributed by atoms with E-state index in [4.69, 9.17) is 10.5 Å². The van der Waals surface area contributed by atoms with Gasteiger partial charge in [-0.3, -0.25) is 4.79 Å². The molecule has 0 saturated carbocycles. The standard InChI is InChI=1S/C16H25NO2S/c1-11-8-6-7-9-13(11)15(12(2)17)20-10-14(18)19-16(3,4)5/h6-9,12,15H,10,17H2,1-5H3. The molecule has 2 atom stereocenters. The van der Waals surface area contributed by atoms with Crippen LogP contribution in [0.4, 0.5) is 0 Å². The first kappa shape index (κ1) is 17.1. The molecule has 0 heterocycles. The largest absolute Gasteiger partial charge is 0.459 e. The van der Waals surface area contributed by atoms with E-state index < -0.39 is 5.60 Å². The number of ether oxygens (including phenoxy) is 1. The summed E-state index contributed by atoms with van der Waals surface area (Å²) in [5, 5.41) is 0.101. The molecule has 0 aromatic heterocycles. The average Bonchev–Trinajstić information content (AvgIpc) is 2.28. The number of esters is 1. The minimum absolute atomic E-state index is 0.0245. The Kier molecular flexibility index (Phi) is 6.08. The number of nitrogens with two attached hydrogens (primary N) is 1. The second-order valence-corrected chi connectivity index (χ2v) is 7.16. The highest BCUT2D eigenvalue weighted by Gasteiger charge is 2.22. The predicted octanol–water partition coefficient (Wildman–Crippen LogP) is 3.46. The van der Waals surface area contributed by atoms with Crippen LogP contribution >= 0.6 is 11.8 Å². The molecule has 1 rings (SSSR count). The van der Waals surface area contributed by atoms with E-state index in [0.29, 0.717) is 5.75 Å². The van der Waals surface area contributed by atoms with Crippen LogP contribution in [-0.2, 0) is 9.53 Å². The van der Waals surface area contributed by atoms with Gasteiger partial charge in [-0.25, -0.2) is 0 Å². The van der Waals surface area contributed by atoms with Gasteiger partial charge in [-0.2, -0.15) is 0 Å². The van der Waals surface area contributed by atoms with Gasteiger partial charge >= 0.3 is 5.97 Å². The molecule has 0 amide bonds. The third kappa shape index (κ3) is 5.55. The van der Waals surface area contributed by atoms with Crippen molar-refractivity contribution in [3.05, 3.63) is 35.4 Å². The first-order valence-corrected chi connectivity index (χ1v) is 7.90. The lowest BCUT2D eigenvalue weighted by Crippen LogP contribution is -2.27. The van der Waals surface area contributed by atoms with E-state index >= 15 is 0 Å². The number of rotatable bonds is 5. The molecule has 0 aliphatic rings. The topological polar surface area (TPSA) is 52.3 Å². The smallest absolute Gasteiger partial charge is 0.316 e. The second-order valence-electron chi connectivity index (χ2n) is 6.03. The Morgan fingerprint density at radius 3 is 2.45 bits per heavy atom. The number of thioether (sulfide) groups is 1. The highest BCUT2D eigenvalue weighted by atomic mass is 32.2. The zero-order valence-corrected chi connectivity index (χ0v) is 13.8. The molecule has 112 valence electrons. The average molecular weight is 295 g/mol. The van der Waals surface area contributed by atoms with Crippen LogP contribution in [-0.4, -0.2) is 23.4 Å². The van der Waals surface area contributed by atoms with E-state index in [1.54, 1.807) is 11.8 Å². The highest BCUT2D eigenvalue weighted by molar-refractivity contribution is 8.00. The van der Waals surface area contributed by atoms with Crippen LogP contribution in [0.1, 0.15) is 44.1 Å². The van der Waals surface area contributed by atoms with Crippen LogP contribution in [0.3, 0.4) is 0 Å². The molecular formula is C16H25NO2S. The van der Waals surface area contributed by atoms with Gasteiger partial charge in [0.05, 0.1) is 5.75 Å². The Morgan fingerprint density at radius 1 is 1.35 bits per heavy atom. The van der Waals surface area contributed by atoms with E-state index in [9.17, 15) is 4.79 Å². The van der Waals surface area contributed by atoms with Crippen LogP contribution in [0.5, 0.6) is 0 Å². The zero-order chi connectivity index (χ0) is 15.3.